The van der Waals surface area contributed by atoms with Crippen molar-refractivity contribution in [1.29, 1.82) is 0 Å². The van der Waals surface area contributed by atoms with Gasteiger partial charge in [0.1, 0.15) is 5.75 Å². The van der Waals surface area contributed by atoms with Crippen molar-refractivity contribution in [3.05, 3.63) is 29.3 Å². The molecule has 2 nitrogen and oxygen atoms in total. The fourth-order valence-electron chi connectivity index (χ4n) is 3.81. The molecule has 0 radical (unpaired) electrons. The molecule has 2 atom stereocenters. The summed E-state index contributed by atoms with van der Waals surface area (Å²) in [6.45, 7) is 4.83. The Hall–Kier alpha value is -1.02. The van der Waals surface area contributed by atoms with E-state index in [1.165, 1.54) is 38.8 Å². The summed E-state index contributed by atoms with van der Waals surface area (Å²) in [5.41, 5.74) is 3.11. The fraction of sp³-hybridized carbons (Fsp3) is 0.625. The van der Waals surface area contributed by atoms with Crippen molar-refractivity contribution in [2.24, 2.45) is 0 Å². The van der Waals surface area contributed by atoms with Gasteiger partial charge < -0.3 is 4.74 Å². The molecule has 1 saturated heterocycles. The van der Waals surface area contributed by atoms with Crippen LogP contribution < -0.4 is 4.74 Å². The quantitative estimate of drug-likeness (QED) is 0.811. The van der Waals surface area contributed by atoms with Gasteiger partial charge >= 0.3 is 0 Å². The second-order valence-electron chi connectivity index (χ2n) is 5.60. The van der Waals surface area contributed by atoms with Crippen molar-refractivity contribution in [1.82, 2.24) is 4.90 Å². The van der Waals surface area contributed by atoms with Crippen molar-refractivity contribution in [2.75, 3.05) is 20.2 Å². The minimum absolute atomic E-state index is 0.746. The van der Waals surface area contributed by atoms with Crippen LogP contribution in [0.4, 0.5) is 0 Å². The maximum Gasteiger partial charge on any atom is 0.119 e. The van der Waals surface area contributed by atoms with E-state index in [1.54, 1.807) is 18.2 Å². The Balaban J connectivity index is 1.89. The topological polar surface area (TPSA) is 12.5 Å². The number of hydrogen-bond acceptors (Lipinski definition) is 2. The standard InChI is InChI=1S/C16H23NO/c1-3-9-17-10-8-14-15-11-13(18-2)6-4-12(15)5-7-16(14)17/h4,6,11,14,16H,3,5,7-10H2,1-2H3/t14-,16-/m1/s1. The van der Waals surface area contributed by atoms with Crippen LogP contribution in [-0.2, 0) is 6.42 Å². The first kappa shape index (κ1) is 12.0. The maximum absolute atomic E-state index is 5.39. The highest BCUT2D eigenvalue weighted by atomic mass is 16.5. The molecule has 3 rings (SSSR count). The van der Waals surface area contributed by atoms with Crippen LogP contribution in [0.15, 0.2) is 18.2 Å². The lowest BCUT2D eigenvalue weighted by Crippen LogP contribution is -2.35. The third kappa shape index (κ3) is 1.93. The number of hydrogen-bond donors (Lipinski definition) is 0. The highest BCUT2D eigenvalue weighted by molar-refractivity contribution is 5.41. The van der Waals surface area contributed by atoms with Crippen LogP contribution in [0.5, 0.6) is 5.75 Å². The van der Waals surface area contributed by atoms with E-state index in [9.17, 15) is 0 Å². The number of nitrogens with zero attached hydrogens (tertiary/aromatic N) is 1. The molecule has 98 valence electrons. The Kier molecular flexibility index (Phi) is 3.29. The summed E-state index contributed by atoms with van der Waals surface area (Å²) in [6, 6.07) is 7.44. The van der Waals surface area contributed by atoms with E-state index in [4.69, 9.17) is 4.74 Å². The number of aryl methyl sites for hydroxylation is 1. The van der Waals surface area contributed by atoms with Crippen molar-refractivity contribution in [2.45, 2.75) is 44.6 Å². The Bertz CT molecular complexity index is 429. The first-order valence-electron chi connectivity index (χ1n) is 7.24. The lowest BCUT2D eigenvalue weighted by molar-refractivity contribution is 0.227. The Labute approximate surface area is 110 Å². The van der Waals surface area contributed by atoms with E-state index in [-0.39, 0.29) is 0 Å². The van der Waals surface area contributed by atoms with Gasteiger partial charge in [0.05, 0.1) is 7.11 Å². The monoisotopic (exact) mass is 245 g/mol. The highest BCUT2D eigenvalue weighted by Gasteiger charge is 2.38. The molecule has 0 bridgehead atoms. The third-order valence-corrected chi connectivity index (χ3v) is 4.63. The smallest absolute Gasteiger partial charge is 0.119 e. The number of methoxy groups -OCH3 is 1. The lowest BCUT2D eigenvalue weighted by atomic mass is 9.79. The van der Waals surface area contributed by atoms with Gasteiger partial charge in [-0.15, -0.1) is 0 Å². The summed E-state index contributed by atoms with van der Waals surface area (Å²) in [5.74, 6) is 1.76. The Morgan fingerprint density at radius 2 is 2.22 bits per heavy atom. The van der Waals surface area contributed by atoms with Gasteiger partial charge in [0, 0.05) is 12.0 Å². The van der Waals surface area contributed by atoms with Crippen LogP contribution in [0.25, 0.3) is 0 Å². The van der Waals surface area contributed by atoms with E-state index in [0.717, 1.165) is 17.7 Å². The van der Waals surface area contributed by atoms with Gasteiger partial charge in [0.25, 0.3) is 0 Å². The Morgan fingerprint density at radius 3 is 3.00 bits per heavy atom. The molecule has 1 aliphatic heterocycles. The molecule has 1 heterocycles. The molecule has 1 aliphatic carbocycles. The van der Waals surface area contributed by atoms with E-state index in [2.05, 4.69) is 30.0 Å². The van der Waals surface area contributed by atoms with Gasteiger partial charge in [-0.1, -0.05) is 13.0 Å². The first-order valence-corrected chi connectivity index (χ1v) is 7.24. The molecule has 1 aromatic rings. The minimum Gasteiger partial charge on any atom is -0.497 e. The average molecular weight is 245 g/mol. The molecule has 2 heteroatoms. The van der Waals surface area contributed by atoms with Crippen LogP contribution in [0, 0.1) is 0 Å². The molecule has 2 aliphatic rings. The summed E-state index contributed by atoms with van der Waals surface area (Å²) in [5, 5.41) is 0. The minimum atomic E-state index is 0.746. The highest BCUT2D eigenvalue weighted by Crippen LogP contribution is 2.42. The van der Waals surface area contributed by atoms with Crippen LogP contribution in [0.3, 0.4) is 0 Å². The Morgan fingerprint density at radius 1 is 1.33 bits per heavy atom. The van der Waals surface area contributed by atoms with E-state index in [0.29, 0.717) is 0 Å². The largest absolute Gasteiger partial charge is 0.497 e. The summed E-state index contributed by atoms with van der Waals surface area (Å²) in [4.78, 5) is 2.70. The number of likely N-dealkylation sites (tertiary alicyclic amines) is 1. The SMILES string of the molecule is CCCN1CC[C@@H]2c3cc(OC)ccc3CC[C@H]21. The molecule has 0 unspecified atom stereocenters. The average Bonchev–Trinajstić information content (AvgIpc) is 2.82. The number of rotatable bonds is 3. The van der Waals surface area contributed by atoms with Gasteiger partial charge in [0.15, 0.2) is 0 Å². The zero-order valence-corrected chi connectivity index (χ0v) is 11.5. The van der Waals surface area contributed by atoms with Gasteiger partial charge in [-0.25, -0.2) is 0 Å². The molecular formula is C16H23NO. The maximum atomic E-state index is 5.39. The molecular weight excluding hydrogens is 222 g/mol. The molecule has 0 N–H and O–H groups in total. The van der Waals surface area contributed by atoms with Crippen molar-refractivity contribution >= 4 is 0 Å². The molecule has 1 aromatic carbocycles. The molecule has 0 spiro atoms. The predicted octanol–water partition coefficient (Wildman–Crippen LogP) is 3.21. The van der Waals surface area contributed by atoms with Crippen molar-refractivity contribution in [3.8, 4) is 5.75 Å². The van der Waals surface area contributed by atoms with Crippen LogP contribution in [0.2, 0.25) is 0 Å². The van der Waals surface area contributed by atoms with Gasteiger partial charge in [0.2, 0.25) is 0 Å². The lowest BCUT2D eigenvalue weighted by Gasteiger charge is -2.33. The van der Waals surface area contributed by atoms with Crippen molar-refractivity contribution < 1.29 is 4.74 Å². The number of fused-ring (bicyclic) bond motifs is 3. The zero-order chi connectivity index (χ0) is 12.5. The van der Waals surface area contributed by atoms with E-state index < -0.39 is 0 Å². The molecule has 0 aromatic heterocycles. The van der Waals surface area contributed by atoms with Gasteiger partial charge in [-0.3, -0.25) is 4.90 Å². The first-order chi connectivity index (χ1) is 8.83. The van der Waals surface area contributed by atoms with Crippen molar-refractivity contribution in [3.63, 3.8) is 0 Å². The second kappa shape index (κ2) is 4.93. The number of ether oxygens (including phenoxy) is 1. The third-order valence-electron chi connectivity index (χ3n) is 4.63. The zero-order valence-electron chi connectivity index (χ0n) is 11.5. The predicted molar refractivity (Wildman–Crippen MR) is 74.3 cm³/mol. The molecule has 1 fully saturated rings. The summed E-state index contributed by atoms with van der Waals surface area (Å²) < 4.78 is 5.39. The van der Waals surface area contributed by atoms with Crippen LogP contribution in [0.1, 0.15) is 43.2 Å². The van der Waals surface area contributed by atoms with E-state index >= 15 is 0 Å². The molecule has 0 saturated carbocycles. The number of benzene rings is 1. The summed E-state index contributed by atoms with van der Waals surface area (Å²) in [7, 11) is 1.76. The van der Waals surface area contributed by atoms with E-state index in [1.807, 2.05) is 0 Å². The molecule has 18 heavy (non-hydrogen) atoms. The fourth-order valence-corrected chi connectivity index (χ4v) is 3.81. The molecule has 0 amide bonds. The van der Waals surface area contributed by atoms with Crippen LogP contribution >= 0.6 is 0 Å². The second-order valence-corrected chi connectivity index (χ2v) is 5.60. The summed E-state index contributed by atoms with van der Waals surface area (Å²) in [6.07, 6.45) is 5.17. The van der Waals surface area contributed by atoms with Gasteiger partial charge in [-0.05, 0) is 62.0 Å². The normalized spacial score (nSPS) is 26.8. The summed E-state index contributed by atoms with van der Waals surface area (Å²) >= 11 is 0. The van der Waals surface area contributed by atoms with Gasteiger partial charge in [-0.2, -0.15) is 0 Å². The van der Waals surface area contributed by atoms with Crippen LogP contribution in [-0.4, -0.2) is 31.1 Å².